The van der Waals surface area contributed by atoms with Crippen LogP contribution in [0.5, 0.6) is 17.2 Å². The molecule has 0 spiro atoms. The Morgan fingerprint density at radius 3 is 2.48 bits per heavy atom. The summed E-state index contributed by atoms with van der Waals surface area (Å²) in [5.74, 6) is 0.0197. The fraction of sp³-hybridized carbons (Fsp3) is 0.294. The van der Waals surface area contributed by atoms with Crippen LogP contribution in [0.2, 0.25) is 0 Å². The van der Waals surface area contributed by atoms with Crippen LogP contribution in [0, 0.1) is 6.92 Å². The number of carbonyl (C=O) groups is 2. The molecule has 0 aliphatic carbocycles. The number of hydrogen-bond acceptors (Lipinski definition) is 8. The molecule has 0 atom stereocenters. The first-order chi connectivity index (χ1) is 12.9. The molecule has 9 nitrogen and oxygen atoms in total. The first-order valence-corrected chi connectivity index (χ1v) is 8.71. The molecular formula is C17H20N4O5S. The standard InChI is InChI=1S/C17H20N4O5S/c1-10-9-27-16(20-10)6-15(23)21-19-7-11-4-12(24-2)17(13(5-11)25-3)26-8-14(18)22/h4-5,7,9H,6,8H2,1-3H3,(H2,18,22)(H,21,23)/b19-7-. The quantitative estimate of drug-likeness (QED) is 0.485. The molecule has 0 radical (unpaired) electrons. The Morgan fingerprint density at radius 1 is 1.30 bits per heavy atom. The van der Waals surface area contributed by atoms with Crippen LogP contribution >= 0.6 is 11.3 Å². The van der Waals surface area contributed by atoms with Crippen molar-refractivity contribution in [2.75, 3.05) is 20.8 Å². The number of carbonyl (C=O) groups excluding carboxylic acids is 2. The van der Waals surface area contributed by atoms with Crippen molar-refractivity contribution in [2.45, 2.75) is 13.3 Å². The third-order valence-corrected chi connectivity index (χ3v) is 4.19. The number of benzene rings is 1. The van der Waals surface area contributed by atoms with E-state index in [-0.39, 0.29) is 24.7 Å². The number of hydrazone groups is 1. The summed E-state index contributed by atoms with van der Waals surface area (Å²) in [4.78, 5) is 27.0. The molecule has 1 heterocycles. The number of amides is 2. The van der Waals surface area contributed by atoms with E-state index in [0.717, 1.165) is 10.7 Å². The zero-order valence-corrected chi connectivity index (χ0v) is 16.0. The number of hydrogen-bond donors (Lipinski definition) is 2. The van der Waals surface area contributed by atoms with Crippen molar-refractivity contribution in [1.29, 1.82) is 0 Å². The van der Waals surface area contributed by atoms with Gasteiger partial charge in [-0.2, -0.15) is 5.10 Å². The number of aryl methyl sites for hydroxylation is 1. The topological polar surface area (TPSA) is 125 Å². The molecule has 0 fully saturated rings. The van der Waals surface area contributed by atoms with Gasteiger partial charge in [0.15, 0.2) is 18.1 Å². The van der Waals surface area contributed by atoms with E-state index in [1.54, 1.807) is 12.1 Å². The van der Waals surface area contributed by atoms with Gasteiger partial charge in [0.1, 0.15) is 5.01 Å². The zero-order chi connectivity index (χ0) is 19.8. The lowest BCUT2D eigenvalue weighted by atomic mass is 10.2. The highest BCUT2D eigenvalue weighted by Gasteiger charge is 2.15. The molecule has 27 heavy (non-hydrogen) atoms. The Balaban J connectivity index is 2.07. The number of rotatable bonds is 9. The highest BCUT2D eigenvalue weighted by molar-refractivity contribution is 7.09. The number of methoxy groups -OCH3 is 2. The second-order valence-electron chi connectivity index (χ2n) is 5.36. The smallest absolute Gasteiger partial charge is 0.255 e. The van der Waals surface area contributed by atoms with Crippen LogP contribution in [0.1, 0.15) is 16.3 Å². The van der Waals surface area contributed by atoms with E-state index in [0.29, 0.717) is 17.1 Å². The van der Waals surface area contributed by atoms with Crippen molar-refractivity contribution in [3.05, 3.63) is 33.8 Å². The van der Waals surface area contributed by atoms with Crippen LogP contribution in [0.15, 0.2) is 22.6 Å². The summed E-state index contributed by atoms with van der Waals surface area (Å²) in [6.45, 7) is 1.56. The normalized spacial score (nSPS) is 10.6. The van der Waals surface area contributed by atoms with Crippen LogP contribution in [0.3, 0.4) is 0 Å². The third kappa shape index (κ3) is 5.96. The van der Waals surface area contributed by atoms with Crippen LogP contribution in [-0.4, -0.2) is 43.8 Å². The third-order valence-electron chi connectivity index (χ3n) is 3.22. The molecule has 2 amide bonds. The number of aromatic nitrogens is 1. The maximum atomic E-state index is 11.9. The zero-order valence-electron chi connectivity index (χ0n) is 15.1. The van der Waals surface area contributed by atoms with E-state index in [9.17, 15) is 9.59 Å². The number of primary amides is 1. The van der Waals surface area contributed by atoms with E-state index in [1.165, 1.54) is 31.8 Å². The summed E-state index contributed by atoms with van der Waals surface area (Å²) < 4.78 is 15.8. The van der Waals surface area contributed by atoms with Crippen molar-refractivity contribution in [3.63, 3.8) is 0 Å². The Labute approximate surface area is 160 Å². The Morgan fingerprint density at radius 2 is 1.96 bits per heavy atom. The highest BCUT2D eigenvalue weighted by atomic mass is 32.1. The van der Waals surface area contributed by atoms with Crippen molar-refractivity contribution in [1.82, 2.24) is 10.4 Å². The monoisotopic (exact) mass is 392 g/mol. The fourth-order valence-corrected chi connectivity index (χ4v) is 2.87. The minimum Gasteiger partial charge on any atom is -0.493 e. The highest BCUT2D eigenvalue weighted by Crippen LogP contribution is 2.38. The van der Waals surface area contributed by atoms with Gasteiger partial charge in [-0.25, -0.2) is 10.4 Å². The summed E-state index contributed by atoms with van der Waals surface area (Å²) in [6.07, 6.45) is 1.59. The molecule has 0 saturated heterocycles. The Bertz CT molecular complexity index is 825. The van der Waals surface area contributed by atoms with Crippen LogP contribution in [0.4, 0.5) is 0 Å². The molecule has 0 saturated carbocycles. The largest absolute Gasteiger partial charge is 0.493 e. The number of nitrogens with zero attached hydrogens (tertiary/aromatic N) is 2. The van der Waals surface area contributed by atoms with E-state index >= 15 is 0 Å². The maximum Gasteiger partial charge on any atom is 0.255 e. The van der Waals surface area contributed by atoms with E-state index in [4.69, 9.17) is 19.9 Å². The van der Waals surface area contributed by atoms with Gasteiger partial charge in [0.25, 0.3) is 5.91 Å². The van der Waals surface area contributed by atoms with Gasteiger partial charge in [0.2, 0.25) is 11.7 Å². The van der Waals surface area contributed by atoms with Gasteiger partial charge in [-0.3, -0.25) is 9.59 Å². The molecule has 2 rings (SSSR count). The van der Waals surface area contributed by atoms with Gasteiger partial charge in [-0.15, -0.1) is 11.3 Å². The second kappa shape index (κ2) is 9.53. The molecular weight excluding hydrogens is 372 g/mol. The molecule has 0 unspecified atom stereocenters. The molecule has 1 aromatic carbocycles. The average Bonchev–Trinajstić information content (AvgIpc) is 3.04. The van der Waals surface area contributed by atoms with E-state index in [2.05, 4.69) is 15.5 Å². The van der Waals surface area contributed by atoms with Gasteiger partial charge in [-0.1, -0.05) is 0 Å². The van der Waals surface area contributed by atoms with Crippen LogP contribution in [-0.2, 0) is 16.0 Å². The minimum atomic E-state index is -0.622. The van der Waals surface area contributed by atoms with Gasteiger partial charge >= 0.3 is 0 Å². The molecule has 0 bridgehead atoms. The predicted octanol–water partition coefficient (Wildman–Crippen LogP) is 1.03. The van der Waals surface area contributed by atoms with Crippen molar-refractivity contribution in [3.8, 4) is 17.2 Å². The first-order valence-electron chi connectivity index (χ1n) is 7.83. The van der Waals surface area contributed by atoms with Crippen molar-refractivity contribution in [2.24, 2.45) is 10.8 Å². The maximum absolute atomic E-state index is 11.9. The summed E-state index contributed by atoms with van der Waals surface area (Å²) in [7, 11) is 2.90. The van der Waals surface area contributed by atoms with Gasteiger partial charge in [-0.05, 0) is 19.1 Å². The summed E-state index contributed by atoms with van der Waals surface area (Å²) in [5, 5.41) is 6.53. The molecule has 0 aliphatic heterocycles. The van der Waals surface area contributed by atoms with Gasteiger partial charge < -0.3 is 19.9 Å². The SMILES string of the molecule is COc1cc(/C=N\NC(=O)Cc2nc(C)cs2)cc(OC)c1OCC(N)=O. The van der Waals surface area contributed by atoms with Crippen LogP contribution in [0.25, 0.3) is 0 Å². The van der Waals surface area contributed by atoms with E-state index in [1.807, 2.05) is 12.3 Å². The molecule has 1 aromatic heterocycles. The molecule has 0 aliphatic rings. The molecule has 10 heteroatoms. The summed E-state index contributed by atoms with van der Waals surface area (Å²) in [6, 6.07) is 3.25. The van der Waals surface area contributed by atoms with Gasteiger partial charge in [0, 0.05) is 16.6 Å². The second-order valence-corrected chi connectivity index (χ2v) is 6.30. The minimum absolute atomic E-state index is 0.155. The van der Waals surface area contributed by atoms with Crippen LogP contribution < -0.4 is 25.4 Å². The number of ether oxygens (including phenoxy) is 3. The lowest BCUT2D eigenvalue weighted by Gasteiger charge is -2.14. The lowest BCUT2D eigenvalue weighted by molar-refractivity contribution is -0.121. The summed E-state index contributed by atoms with van der Waals surface area (Å²) in [5.41, 5.74) is 9.01. The van der Waals surface area contributed by atoms with Crippen molar-refractivity contribution < 1.29 is 23.8 Å². The fourth-order valence-electron chi connectivity index (χ4n) is 2.10. The summed E-state index contributed by atoms with van der Waals surface area (Å²) >= 11 is 1.42. The number of nitrogens with two attached hydrogens (primary N) is 1. The number of thiazole rings is 1. The first kappa shape index (κ1) is 20.2. The lowest BCUT2D eigenvalue weighted by Crippen LogP contribution is -2.20. The Hall–Kier alpha value is -3.14. The van der Waals surface area contributed by atoms with Crippen molar-refractivity contribution >= 4 is 29.4 Å². The molecule has 2 aromatic rings. The number of nitrogens with one attached hydrogen (secondary N) is 1. The molecule has 3 N–H and O–H groups in total. The Kier molecular flexibility index (Phi) is 7.12. The van der Waals surface area contributed by atoms with E-state index < -0.39 is 5.91 Å². The molecule has 144 valence electrons. The average molecular weight is 392 g/mol. The van der Waals surface area contributed by atoms with Gasteiger partial charge in [0.05, 0.1) is 26.9 Å². The predicted molar refractivity (Wildman–Crippen MR) is 101 cm³/mol.